The van der Waals surface area contributed by atoms with Gasteiger partial charge in [0.05, 0.1) is 6.54 Å². The van der Waals surface area contributed by atoms with Crippen molar-refractivity contribution >= 4 is 47.2 Å². The fourth-order valence-electron chi connectivity index (χ4n) is 2.41. The number of thiazole rings is 1. The van der Waals surface area contributed by atoms with E-state index in [-0.39, 0.29) is 29.9 Å². The van der Waals surface area contributed by atoms with Gasteiger partial charge >= 0.3 is 0 Å². The second-order valence-electron chi connectivity index (χ2n) is 6.14. The highest BCUT2D eigenvalue weighted by atomic mass is 127. The van der Waals surface area contributed by atoms with Gasteiger partial charge in [-0.05, 0) is 38.0 Å². The summed E-state index contributed by atoms with van der Waals surface area (Å²) in [6.07, 6.45) is 2.69. The lowest BCUT2D eigenvalue weighted by Gasteiger charge is -2.13. The molecule has 0 bridgehead atoms. The number of hydrogen-bond acceptors (Lipinski definition) is 4. The third-order valence-corrected chi connectivity index (χ3v) is 4.57. The summed E-state index contributed by atoms with van der Waals surface area (Å²) in [5.74, 6) is 0.800. The van der Waals surface area contributed by atoms with Crippen LogP contribution in [0.25, 0.3) is 0 Å². The summed E-state index contributed by atoms with van der Waals surface area (Å²) in [4.78, 5) is 23.8. The van der Waals surface area contributed by atoms with Gasteiger partial charge < -0.3 is 15.5 Å². The molecule has 1 aromatic heterocycles. The largest absolute Gasteiger partial charge is 0.357 e. The standard InChI is InChI=1S/C19H27N5OS.HI/c1-5-20-19(23-13-17-22-12-14(2)26-17)21-10-9-15-7-6-8-16(11-15)18(25)24(3)4;/h6-8,11-12H,5,9-10,13H2,1-4H3,(H2,20,21,23);1H. The van der Waals surface area contributed by atoms with E-state index in [0.717, 1.165) is 36.0 Å². The highest BCUT2D eigenvalue weighted by molar-refractivity contribution is 14.0. The normalized spacial score (nSPS) is 10.9. The van der Waals surface area contributed by atoms with Crippen LogP contribution in [0.1, 0.15) is 32.7 Å². The minimum atomic E-state index is 0. The minimum absolute atomic E-state index is 0. The van der Waals surface area contributed by atoms with Gasteiger partial charge in [0.2, 0.25) is 0 Å². The summed E-state index contributed by atoms with van der Waals surface area (Å²) in [6.45, 7) is 6.20. The molecule has 1 heterocycles. The molecule has 0 atom stereocenters. The molecule has 1 aromatic carbocycles. The van der Waals surface area contributed by atoms with E-state index in [1.165, 1.54) is 4.88 Å². The van der Waals surface area contributed by atoms with Gasteiger partial charge in [-0.25, -0.2) is 9.98 Å². The lowest BCUT2D eigenvalue weighted by Crippen LogP contribution is -2.38. The van der Waals surface area contributed by atoms with Gasteiger partial charge in [-0.15, -0.1) is 35.3 Å². The van der Waals surface area contributed by atoms with Crippen molar-refractivity contribution in [3.05, 3.63) is 51.5 Å². The molecule has 0 aliphatic carbocycles. The zero-order valence-corrected chi connectivity index (χ0v) is 19.4. The molecule has 27 heavy (non-hydrogen) atoms. The van der Waals surface area contributed by atoms with E-state index in [1.54, 1.807) is 30.3 Å². The monoisotopic (exact) mass is 501 g/mol. The minimum Gasteiger partial charge on any atom is -0.357 e. The number of rotatable bonds is 7. The Bertz CT molecular complexity index is 760. The molecule has 0 saturated carbocycles. The molecule has 2 aromatic rings. The fourth-order valence-corrected chi connectivity index (χ4v) is 3.12. The molecule has 0 saturated heterocycles. The first-order valence-corrected chi connectivity index (χ1v) is 9.55. The Balaban J connectivity index is 0.00000364. The van der Waals surface area contributed by atoms with Crippen LogP contribution in [0.2, 0.25) is 0 Å². The Morgan fingerprint density at radius 1 is 1.30 bits per heavy atom. The smallest absolute Gasteiger partial charge is 0.253 e. The van der Waals surface area contributed by atoms with Crippen molar-refractivity contribution < 1.29 is 4.79 Å². The van der Waals surface area contributed by atoms with Crippen LogP contribution in [-0.2, 0) is 13.0 Å². The van der Waals surface area contributed by atoms with Gasteiger partial charge in [0.25, 0.3) is 5.91 Å². The van der Waals surface area contributed by atoms with E-state index in [9.17, 15) is 4.79 Å². The number of guanidine groups is 1. The lowest BCUT2D eigenvalue weighted by atomic mass is 10.1. The number of amides is 1. The topological polar surface area (TPSA) is 69.6 Å². The van der Waals surface area contributed by atoms with Gasteiger partial charge in [-0.1, -0.05) is 12.1 Å². The first-order chi connectivity index (χ1) is 12.5. The predicted octanol–water partition coefficient (Wildman–Crippen LogP) is 3.07. The van der Waals surface area contributed by atoms with Crippen LogP contribution in [0.4, 0.5) is 0 Å². The van der Waals surface area contributed by atoms with Gasteiger partial charge in [0.15, 0.2) is 5.96 Å². The Kier molecular flexibility index (Phi) is 10.3. The van der Waals surface area contributed by atoms with Crippen molar-refractivity contribution in [2.75, 3.05) is 27.2 Å². The van der Waals surface area contributed by atoms with Crippen molar-refractivity contribution in [2.24, 2.45) is 4.99 Å². The van der Waals surface area contributed by atoms with Crippen molar-refractivity contribution in [1.82, 2.24) is 20.5 Å². The Morgan fingerprint density at radius 2 is 2.07 bits per heavy atom. The maximum absolute atomic E-state index is 12.1. The summed E-state index contributed by atoms with van der Waals surface area (Å²) in [5, 5.41) is 7.59. The average molecular weight is 501 g/mol. The van der Waals surface area contributed by atoms with Crippen molar-refractivity contribution in [3.8, 4) is 0 Å². The highest BCUT2D eigenvalue weighted by Gasteiger charge is 2.08. The molecule has 8 heteroatoms. The molecular formula is C19H28IN5OS. The van der Waals surface area contributed by atoms with Gasteiger partial charge in [-0.2, -0.15) is 0 Å². The summed E-state index contributed by atoms with van der Waals surface area (Å²) in [5.41, 5.74) is 1.84. The zero-order valence-electron chi connectivity index (χ0n) is 16.3. The van der Waals surface area contributed by atoms with E-state index >= 15 is 0 Å². The van der Waals surface area contributed by atoms with Crippen molar-refractivity contribution in [3.63, 3.8) is 0 Å². The van der Waals surface area contributed by atoms with Crippen LogP contribution in [-0.4, -0.2) is 48.9 Å². The summed E-state index contributed by atoms with van der Waals surface area (Å²) >= 11 is 1.67. The second-order valence-corrected chi connectivity index (χ2v) is 7.46. The lowest BCUT2D eigenvalue weighted by molar-refractivity contribution is 0.0827. The number of halogens is 1. The Morgan fingerprint density at radius 3 is 2.70 bits per heavy atom. The molecule has 0 radical (unpaired) electrons. The molecule has 0 aliphatic rings. The molecule has 2 rings (SSSR count). The molecule has 1 amide bonds. The first kappa shape index (κ1) is 23.4. The number of carbonyl (C=O) groups excluding carboxylic acids is 1. The molecule has 148 valence electrons. The number of aliphatic imine (C=N–C) groups is 1. The third kappa shape index (κ3) is 7.84. The maximum Gasteiger partial charge on any atom is 0.253 e. The van der Waals surface area contributed by atoms with Gasteiger partial charge in [0, 0.05) is 43.8 Å². The van der Waals surface area contributed by atoms with E-state index in [4.69, 9.17) is 0 Å². The SMILES string of the molecule is CCNC(=NCc1ncc(C)s1)NCCc1cccc(C(=O)N(C)C)c1.I. The maximum atomic E-state index is 12.1. The molecule has 6 nitrogen and oxygen atoms in total. The first-order valence-electron chi connectivity index (χ1n) is 8.73. The Hall–Kier alpha value is -1.68. The average Bonchev–Trinajstić information content (AvgIpc) is 3.04. The number of nitrogens with one attached hydrogen (secondary N) is 2. The molecular weight excluding hydrogens is 473 g/mol. The van der Waals surface area contributed by atoms with E-state index < -0.39 is 0 Å². The third-order valence-electron chi connectivity index (χ3n) is 3.67. The number of aryl methyl sites for hydroxylation is 1. The summed E-state index contributed by atoms with van der Waals surface area (Å²) < 4.78 is 0. The van der Waals surface area contributed by atoms with Crippen LogP contribution in [0, 0.1) is 6.92 Å². The van der Waals surface area contributed by atoms with Crippen LogP contribution < -0.4 is 10.6 Å². The Labute approximate surface area is 182 Å². The molecule has 0 unspecified atom stereocenters. The highest BCUT2D eigenvalue weighted by Crippen LogP contribution is 2.12. The fraction of sp³-hybridized carbons (Fsp3) is 0.421. The van der Waals surface area contributed by atoms with Crippen LogP contribution >= 0.6 is 35.3 Å². The summed E-state index contributed by atoms with van der Waals surface area (Å²) in [7, 11) is 3.53. The molecule has 0 aliphatic heterocycles. The molecule has 0 fully saturated rings. The number of benzene rings is 1. The van der Waals surface area contributed by atoms with Crippen LogP contribution in [0.15, 0.2) is 35.5 Å². The van der Waals surface area contributed by atoms with E-state index in [0.29, 0.717) is 12.1 Å². The quantitative estimate of drug-likeness (QED) is 0.348. The predicted molar refractivity (Wildman–Crippen MR) is 123 cm³/mol. The van der Waals surface area contributed by atoms with Gasteiger partial charge in [0.1, 0.15) is 5.01 Å². The van der Waals surface area contributed by atoms with Crippen LogP contribution in [0.3, 0.4) is 0 Å². The molecule has 0 spiro atoms. The zero-order chi connectivity index (χ0) is 18.9. The number of aromatic nitrogens is 1. The van der Waals surface area contributed by atoms with Crippen LogP contribution in [0.5, 0.6) is 0 Å². The molecule has 2 N–H and O–H groups in total. The van der Waals surface area contributed by atoms with E-state index in [1.807, 2.05) is 44.3 Å². The summed E-state index contributed by atoms with van der Waals surface area (Å²) in [6, 6.07) is 7.76. The second kappa shape index (κ2) is 11.9. The van der Waals surface area contributed by atoms with E-state index in [2.05, 4.69) is 20.6 Å². The van der Waals surface area contributed by atoms with Gasteiger partial charge in [-0.3, -0.25) is 4.79 Å². The van der Waals surface area contributed by atoms with Crippen molar-refractivity contribution in [2.45, 2.75) is 26.8 Å². The number of nitrogens with zero attached hydrogens (tertiary/aromatic N) is 3. The number of hydrogen-bond donors (Lipinski definition) is 2. The van der Waals surface area contributed by atoms with Crippen molar-refractivity contribution in [1.29, 1.82) is 0 Å². The number of carbonyl (C=O) groups is 1.